The number of ketones is 2. The number of allylic oxidation sites excluding steroid dienone is 1. The Bertz CT molecular complexity index is 908. The van der Waals surface area contributed by atoms with E-state index in [1.165, 1.54) is 0 Å². The molecular formula is C25H34O8. The van der Waals surface area contributed by atoms with Crippen molar-refractivity contribution in [3.63, 3.8) is 0 Å². The van der Waals surface area contributed by atoms with E-state index >= 15 is 0 Å². The summed E-state index contributed by atoms with van der Waals surface area (Å²) in [7, 11) is 0. The van der Waals surface area contributed by atoms with E-state index < -0.39 is 41.4 Å². The molecule has 0 saturated heterocycles. The van der Waals surface area contributed by atoms with Crippen LogP contribution in [0.3, 0.4) is 0 Å². The summed E-state index contributed by atoms with van der Waals surface area (Å²) in [6.07, 6.45) is 4.30. The van der Waals surface area contributed by atoms with Crippen LogP contribution in [0.15, 0.2) is 11.6 Å². The number of ether oxygens (including phenoxy) is 1. The van der Waals surface area contributed by atoms with Gasteiger partial charge in [0, 0.05) is 11.8 Å². The maximum absolute atomic E-state index is 13.1. The Balaban J connectivity index is 1.53. The topological polar surface area (TPSA) is 138 Å². The number of rotatable bonds is 6. The molecule has 0 aromatic carbocycles. The van der Waals surface area contributed by atoms with Crippen LogP contribution in [-0.2, 0) is 23.9 Å². The summed E-state index contributed by atoms with van der Waals surface area (Å²) in [5.74, 6) is -2.20. The van der Waals surface area contributed by atoms with Crippen LogP contribution in [0.5, 0.6) is 0 Å². The van der Waals surface area contributed by atoms with Crippen LogP contribution in [0.2, 0.25) is 0 Å². The summed E-state index contributed by atoms with van der Waals surface area (Å²) in [5, 5.41) is 31.6. The maximum Gasteiger partial charge on any atom is 0.306 e. The first-order valence-corrected chi connectivity index (χ1v) is 12.0. The van der Waals surface area contributed by atoms with E-state index in [1.54, 1.807) is 6.08 Å². The number of hydrogen-bond acceptors (Lipinski definition) is 7. The molecule has 0 heterocycles. The molecule has 7 atom stereocenters. The minimum atomic E-state index is -1.71. The Kier molecular flexibility index (Phi) is 6.06. The number of aliphatic hydroxyl groups is 2. The molecule has 3 fully saturated rings. The van der Waals surface area contributed by atoms with Gasteiger partial charge in [0.15, 0.2) is 12.4 Å². The molecule has 0 bridgehead atoms. The van der Waals surface area contributed by atoms with Gasteiger partial charge in [-0.25, -0.2) is 0 Å². The highest BCUT2D eigenvalue weighted by atomic mass is 16.5. The summed E-state index contributed by atoms with van der Waals surface area (Å²) in [6.45, 7) is 3.41. The molecule has 0 aliphatic heterocycles. The fourth-order valence-electron chi connectivity index (χ4n) is 7.70. The highest BCUT2D eigenvalue weighted by Gasteiger charge is 2.68. The molecule has 0 unspecified atom stereocenters. The molecule has 3 saturated carbocycles. The predicted molar refractivity (Wildman–Crippen MR) is 116 cm³/mol. The van der Waals surface area contributed by atoms with Crippen LogP contribution in [0.4, 0.5) is 0 Å². The van der Waals surface area contributed by atoms with Crippen molar-refractivity contribution >= 4 is 23.5 Å². The average Bonchev–Trinajstić information content (AvgIpc) is 3.02. The molecule has 4 aliphatic rings. The highest BCUT2D eigenvalue weighted by Crippen LogP contribution is 2.67. The Hall–Kier alpha value is -2.06. The van der Waals surface area contributed by atoms with Gasteiger partial charge in [-0.1, -0.05) is 19.4 Å². The van der Waals surface area contributed by atoms with Gasteiger partial charge < -0.3 is 20.1 Å². The lowest BCUT2D eigenvalue weighted by atomic mass is 9.45. The fraction of sp³-hybridized carbons (Fsp3) is 0.760. The molecule has 8 heteroatoms. The summed E-state index contributed by atoms with van der Waals surface area (Å²) >= 11 is 0. The van der Waals surface area contributed by atoms with E-state index in [9.17, 15) is 29.4 Å². The van der Waals surface area contributed by atoms with E-state index in [1.807, 2.05) is 6.92 Å². The standard InChI is InChI=1S/C25H34O8/c1-23-9-7-15(26)11-14(23)3-4-16-17-8-10-25(32,24(17,2)12-18(27)22(16)23)19(28)13-33-21(31)6-5-20(29)30/h11,16-18,22,27,32H,3-10,12-13H2,1-2H3,(H,29,30)/t16-,17-,18+,22-,23+,24+,25+/m1/s1. The molecule has 0 amide bonds. The molecule has 3 N–H and O–H groups in total. The van der Waals surface area contributed by atoms with Gasteiger partial charge in [-0.2, -0.15) is 0 Å². The number of carboxylic acid groups (broad SMARTS) is 1. The zero-order chi connectivity index (χ0) is 24.2. The molecule has 182 valence electrons. The molecule has 0 spiro atoms. The van der Waals surface area contributed by atoms with Gasteiger partial charge >= 0.3 is 11.9 Å². The van der Waals surface area contributed by atoms with Crippen molar-refractivity contribution in [1.82, 2.24) is 0 Å². The second kappa shape index (κ2) is 8.31. The van der Waals surface area contributed by atoms with E-state index in [2.05, 4.69) is 6.92 Å². The first kappa shape index (κ1) is 24.1. The van der Waals surface area contributed by atoms with Gasteiger partial charge in [-0.05, 0) is 67.8 Å². The van der Waals surface area contributed by atoms with Crippen molar-refractivity contribution in [2.45, 2.75) is 83.3 Å². The third kappa shape index (κ3) is 3.75. The number of hydrogen-bond donors (Lipinski definition) is 3. The molecule has 0 radical (unpaired) electrons. The van der Waals surface area contributed by atoms with E-state index in [0.717, 1.165) is 24.8 Å². The monoisotopic (exact) mass is 462 g/mol. The number of aliphatic carboxylic acids is 1. The largest absolute Gasteiger partial charge is 0.481 e. The first-order chi connectivity index (χ1) is 15.4. The molecule has 0 aromatic rings. The number of esters is 1. The minimum absolute atomic E-state index is 0.0185. The van der Waals surface area contributed by atoms with Gasteiger partial charge in [-0.15, -0.1) is 0 Å². The van der Waals surface area contributed by atoms with Crippen LogP contribution in [-0.4, -0.2) is 57.1 Å². The SMILES string of the molecule is C[C@]12CCC(=O)C=C1CC[C@H]1[C@@H]2[C@@H](O)C[C@@]2(C)[C@@H]1CC[C@]2(O)C(=O)COC(=O)CCC(=O)O. The quantitative estimate of drug-likeness (QED) is 0.511. The molecular weight excluding hydrogens is 428 g/mol. The van der Waals surface area contributed by atoms with Crippen molar-refractivity contribution < 1.29 is 39.2 Å². The Morgan fingerprint density at radius 1 is 1.12 bits per heavy atom. The van der Waals surface area contributed by atoms with E-state index in [0.29, 0.717) is 12.8 Å². The van der Waals surface area contributed by atoms with Crippen LogP contribution >= 0.6 is 0 Å². The van der Waals surface area contributed by atoms with Crippen molar-refractivity contribution in [3.8, 4) is 0 Å². The second-order valence-electron chi connectivity index (χ2n) is 11.0. The van der Waals surface area contributed by atoms with E-state index in [4.69, 9.17) is 9.84 Å². The van der Waals surface area contributed by atoms with Gasteiger partial charge in [0.25, 0.3) is 0 Å². The zero-order valence-corrected chi connectivity index (χ0v) is 19.3. The summed E-state index contributed by atoms with van der Waals surface area (Å²) in [4.78, 5) is 47.5. The van der Waals surface area contributed by atoms with Crippen LogP contribution in [0.25, 0.3) is 0 Å². The van der Waals surface area contributed by atoms with Crippen molar-refractivity contribution in [2.24, 2.45) is 28.6 Å². The molecule has 8 nitrogen and oxygen atoms in total. The van der Waals surface area contributed by atoms with Crippen LogP contribution in [0.1, 0.15) is 71.6 Å². The lowest BCUT2D eigenvalue weighted by Gasteiger charge is -2.60. The Morgan fingerprint density at radius 3 is 2.55 bits per heavy atom. The number of aliphatic hydroxyl groups excluding tert-OH is 1. The van der Waals surface area contributed by atoms with Crippen LogP contribution in [0, 0.1) is 28.6 Å². The normalized spacial score (nSPS) is 41.9. The van der Waals surface area contributed by atoms with Crippen LogP contribution < -0.4 is 0 Å². The van der Waals surface area contributed by atoms with Gasteiger partial charge in [-0.3, -0.25) is 19.2 Å². The molecule has 4 rings (SSSR count). The first-order valence-electron chi connectivity index (χ1n) is 12.0. The highest BCUT2D eigenvalue weighted by molar-refractivity contribution is 5.92. The van der Waals surface area contributed by atoms with Crippen molar-refractivity contribution in [3.05, 3.63) is 11.6 Å². The number of carbonyl (C=O) groups is 4. The summed E-state index contributed by atoms with van der Waals surface area (Å²) in [5.41, 5.74) is -1.68. The second-order valence-corrected chi connectivity index (χ2v) is 11.0. The lowest BCUT2D eigenvalue weighted by Crippen LogP contribution is -2.62. The number of carboxylic acids is 1. The van der Waals surface area contributed by atoms with Crippen molar-refractivity contribution in [2.75, 3.05) is 6.61 Å². The molecule has 0 aromatic heterocycles. The minimum Gasteiger partial charge on any atom is -0.481 e. The third-order valence-electron chi connectivity index (χ3n) is 9.42. The summed E-state index contributed by atoms with van der Waals surface area (Å²) in [6, 6.07) is 0. The average molecular weight is 463 g/mol. The fourth-order valence-corrected chi connectivity index (χ4v) is 7.70. The number of carbonyl (C=O) groups excluding carboxylic acids is 3. The summed E-state index contributed by atoms with van der Waals surface area (Å²) < 4.78 is 4.97. The van der Waals surface area contributed by atoms with Gasteiger partial charge in [0.1, 0.15) is 5.60 Å². The van der Waals surface area contributed by atoms with Gasteiger partial charge in [0.05, 0.1) is 18.9 Å². The Morgan fingerprint density at radius 2 is 1.85 bits per heavy atom. The number of Topliss-reactive ketones (excluding diaryl/α,β-unsaturated/α-hetero) is 1. The van der Waals surface area contributed by atoms with E-state index in [-0.39, 0.29) is 54.6 Å². The Labute approximate surface area is 193 Å². The zero-order valence-electron chi connectivity index (χ0n) is 19.3. The molecule has 4 aliphatic carbocycles. The lowest BCUT2D eigenvalue weighted by molar-refractivity contribution is -0.184. The maximum atomic E-state index is 13.1. The smallest absolute Gasteiger partial charge is 0.306 e. The number of fused-ring (bicyclic) bond motifs is 5. The third-order valence-corrected chi connectivity index (χ3v) is 9.42. The van der Waals surface area contributed by atoms with Gasteiger partial charge in [0.2, 0.25) is 5.78 Å². The molecule has 33 heavy (non-hydrogen) atoms. The van der Waals surface area contributed by atoms with Crippen molar-refractivity contribution in [1.29, 1.82) is 0 Å². The predicted octanol–water partition coefficient (Wildman–Crippen LogP) is 2.20.